The van der Waals surface area contributed by atoms with Gasteiger partial charge in [0.05, 0.1) is 11.6 Å². The lowest BCUT2D eigenvalue weighted by Gasteiger charge is -2.08. The minimum Gasteiger partial charge on any atom is -0.339 e. The Labute approximate surface area is 116 Å². The Bertz CT molecular complexity index is 750. The highest BCUT2D eigenvalue weighted by Gasteiger charge is 2.16. The molecule has 0 fully saturated rings. The van der Waals surface area contributed by atoms with Crippen LogP contribution in [-0.2, 0) is 6.42 Å². The molecule has 1 atom stereocenters. The predicted octanol–water partition coefficient (Wildman–Crippen LogP) is 2.54. The Balaban J connectivity index is 1.98. The first-order valence-electron chi connectivity index (χ1n) is 6.62. The van der Waals surface area contributed by atoms with Gasteiger partial charge in [-0.25, -0.2) is 0 Å². The van der Waals surface area contributed by atoms with E-state index in [2.05, 4.69) is 15.1 Å². The largest absolute Gasteiger partial charge is 0.339 e. The second kappa shape index (κ2) is 5.02. The van der Waals surface area contributed by atoms with E-state index in [1.807, 2.05) is 44.2 Å². The van der Waals surface area contributed by atoms with Crippen LogP contribution in [0.4, 0.5) is 0 Å². The molecule has 0 amide bonds. The molecule has 1 aromatic carbocycles. The maximum atomic E-state index is 6.20. The number of pyridine rings is 1. The van der Waals surface area contributed by atoms with E-state index in [1.54, 1.807) is 0 Å². The monoisotopic (exact) mass is 268 g/mol. The summed E-state index contributed by atoms with van der Waals surface area (Å²) in [6, 6.07) is 9.60. The van der Waals surface area contributed by atoms with Gasteiger partial charge in [0.2, 0.25) is 5.89 Å². The summed E-state index contributed by atoms with van der Waals surface area (Å²) in [4.78, 5) is 8.76. The Morgan fingerprint density at radius 2 is 2.05 bits per heavy atom. The molecule has 0 radical (unpaired) electrons. The second-order valence-corrected chi connectivity index (χ2v) is 4.78. The highest BCUT2D eigenvalue weighted by atomic mass is 16.5. The van der Waals surface area contributed by atoms with E-state index in [4.69, 9.17) is 10.3 Å². The van der Waals surface area contributed by atoms with Crippen LogP contribution in [0.3, 0.4) is 0 Å². The Hall–Kier alpha value is -2.27. The molecule has 0 aliphatic heterocycles. The lowest BCUT2D eigenvalue weighted by Crippen LogP contribution is -2.13. The summed E-state index contributed by atoms with van der Waals surface area (Å²) < 4.78 is 5.11. The first-order chi connectivity index (χ1) is 9.67. The van der Waals surface area contributed by atoms with Gasteiger partial charge in [-0.3, -0.25) is 4.98 Å². The van der Waals surface area contributed by atoms with Crippen LogP contribution in [-0.4, -0.2) is 15.1 Å². The van der Waals surface area contributed by atoms with Crippen molar-refractivity contribution in [3.8, 4) is 0 Å². The number of hydrogen-bond acceptors (Lipinski definition) is 5. The molecule has 0 saturated heterocycles. The summed E-state index contributed by atoms with van der Waals surface area (Å²) in [5, 5.41) is 4.99. The molecule has 3 aromatic rings. The van der Waals surface area contributed by atoms with Crippen molar-refractivity contribution in [2.45, 2.75) is 26.3 Å². The fourth-order valence-corrected chi connectivity index (χ4v) is 2.13. The van der Waals surface area contributed by atoms with E-state index in [-0.39, 0.29) is 6.04 Å². The molecule has 0 saturated carbocycles. The van der Waals surface area contributed by atoms with Gasteiger partial charge >= 0.3 is 0 Å². The minimum atomic E-state index is -0.384. The summed E-state index contributed by atoms with van der Waals surface area (Å²) in [5.74, 6) is 1.12. The maximum Gasteiger partial charge on any atom is 0.226 e. The topological polar surface area (TPSA) is 77.8 Å². The summed E-state index contributed by atoms with van der Waals surface area (Å²) >= 11 is 0. The van der Waals surface area contributed by atoms with Gasteiger partial charge in [0.25, 0.3) is 0 Å². The van der Waals surface area contributed by atoms with Crippen LogP contribution in [0, 0.1) is 6.92 Å². The zero-order valence-electron chi connectivity index (χ0n) is 11.5. The number of rotatable bonds is 3. The number of fused-ring (bicyclic) bond motifs is 1. The third kappa shape index (κ3) is 2.28. The van der Waals surface area contributed by atoms with Crippen molar-refractivity contribution in [2.75, 3.05) is 0 Å². The van der Waals surface area contributed by atoms with E-state index in [1.165, 1.54) is 0 Å². The molecule has 1 unspecified atom stereocenters. The van der Waals surface area contributed by atoms with Crippen molar-refractivity contribution >= 4 is 10.9 Å². The van der Waals surface area contributed by atoms with Gasteiger partial charge in [0, 0.05) is 17.5 Å². The van der Waals surface area contributed by atoms with Crippen molar-refractivity contribution in [3.63, 3.8) is 0 Å². The van der Waals surface area contributed by atoms with E-state index in [0.717, 1.165) is 22.2 Å². The van der Waals surface area contributed by atoms with E-state index in [0.29, 0.717) is 18.1 Å². The lowest BCUT2D eigenvalue weighted by atomic mass is 10.0. The number of hydrogen-bond donors (Lipinski definition) is 1. The molecule has 2 N–H and O–H groups in total. The molecule has 102 valence electrons. The van der Waals surface area contributed by atoms with Crippen molar-refractivity contribution in [3.05, 3.63) is 53.3 Å². The fourth-order valence-electron chi connectivity index (χ4n) is 2.13. The smallest absolute Gasteiger partial charge is 0.226 e. The molecule has 20 heavy (non-hydrogen) atoms. The third-order valence-electron chi connectivity index (χ3n) is 3.28. The molecule has 5 nitrogen and oxygen atoms in total. The summed E-state index contributed by atoms with van der Waals surface area (Å²) in [6.07, 6.45) is 0.709. The number of nitrogens with two attached hydrogens (primary N) is 1. The van der Waals surface area contributed by atoms with Gasteiger partial charge in [0.15, 0.2) is 5.82 Å². The van der Waals surface area contributed by atoms with E-state index in [9.17, 15) is 0 Å². The van der Waals surface area contributed by atoms with Crippen molar-refractivity contribution in [1.29, 1.82) is 0 Å². The molecule has 2 heterocycles. The SMILES string of the molecule is CCc1nc(C(N)c2ccc3nc(C)ccc3c2)no1. The summed E-state index contributed by atoms with van der Waals surface area (Å²) in [5.41, 5.74) is 9.11. The zero-order valence-corrected chi connectivity index (χ0v) is 11.5. The van der Waals surface area contributed by atoms with Crippen LogP contribution in [0.5, 0.6) is 0 Å². The number of aromatic nitrogens is 3. The minimum absolute atomic E-state index is 0.384. The van der Waals surface area contributed by atoms with Crippen LogP contribution in [0.1, 0.15) is 35.9 Å². The number of nitrogens with zero attached hydrogens (tertiary/aromatic N) is 3. The second-order valence-electron chi connectivity index (χ2n) is 4.78. The molecule has 3 rings (SSSR count). The first kappa shape index (κ1) is 12.7. The average Bonchev–Trinajstić information content (AvgIpc) is 2.95. The highest BCUT2D eigenvalue weighted by molar-refractivity contribution is 5.79. The molecule has 0 aliphatic rings. The number of benzene rings is 1. The third-order valence-corrected chi connectivity index (χ3v) is 3.28. The average molecular weight is 268 g/mol. The Morgan fingerprint density at radius 1 is 1.20 bits per heavy atom. The summed E-state index contributed by atoms with van der Waals surface area (Å²) in [7, 11) is 0. The molecule has 0 spiro atoms. The van der Waals surface area contributed by atoms with E-state index >= 15 is 0 Å². The van der Waals surface area contributed by atoms with Gasteiger partial charge in [-0.15, -0.1) is 0 Å². The molecular formula is C15H16N4O. The Kier molecular flexibility index (Phi) is 3.20. The standard InChI is InChI=1S/C15H16N4O/c1-3-13-18-15(19-20-13)14(16)11-6-7-12-10(8-11)5-4-9(2)17-12/h4-8,14H,3,16H2,1-2H3. The highest BCUT2D eigenvalue weighted by Crippen LogP contribution is 2.22. The predicted molar refractivity (Wildman–Crippen MR) is 76.2 cm³/mol. The molecular weight excluding hydrogens is 252 g/mol. The Morgan fingerprint density at radius 3 is 2.80 bits per heavy atom. The van der Waals surface area contributed by atoms with Crippen molar-refractivity contribution < 1.29 is 4.52 Å². The van der Waals surface area contributed by atoms with Gasteiger partial charge in [0.1, 0.15) is 0 Å². The normalized spacial score (nSPS) is 12.8. The maximum absolute atomic E-state index is 6.20. The molecule has 2 aromatic heterocycles. The van der Waals surface area contributed by atoms with Crippen LogP contribution >= 0.6 is 0 Å². The fraction of sp³-hybridized carbons (Fsp3) is 0.267. The van der Waals surface area contributed by atoms with E-state index < -0.39 is 0 Å². The first-order valence-corrected chi connectivity index (χ1v) is 6.62. The van der Waals surface area contributed by atoms with Crippen molar-refractivity contribution in [1.82, 2.24) is 15.1 Å². The van der Waals surface area contributed by atoms with Crippen LogP contribution < -0.4 is 5.73 Å². The van der Waals surface area contributed by atoms with Gasteiger partial charge in [-0.1, -0.05) is 24.2 Å². The van der Waals surface area contributed by atoms with Gasteiger partial charge in [-0.05, 0) is 30.7 Å². The molecule has 5 heteroatoms. The molecule has 0 bridgehead atoms. The van der Waals surface area contributed by atoms with Crippen LogP contribution in [0.15, 0.2) is 34.9 Å². The molecule has 0 aliphatic carbocycles. The van der Waals surface area contributed by atoms with Gasteiger partial charge < -0.3 is 10.3 Å². The number of aryl methyl sites for hydroxylation is 2. The zero-order chi connectivity index (χ0) is 14.1. The van der Waals surface area contributed by atoms with Gasteiger partial charge in [-0.2, -0.15) is 4.98 Å². The van der Waals surface area contributed by atoms with Crippen LogP contribution in [0.2, 0.25) is 0 Å². The lowest BCUT2D eigenvalue weighted by molar-refractivity contribution is 0.375. The van der Waals surface area contributed by atoms with Crippen LogP contribution in [0.25, 0.3) is 10.9 Å². The van der Waals surface area contributed by atoms with Crippen molar-refractivity contribution in [2.24, 2.45) is 5.73 Å². The summed E-state index contributed by atoms with van der Waals surface area (Å²) in [6.45, 7) is 3.94. The quantitative estimate of drug-likeness (QED) is 0.789.